The van der Waals surface area contributed by atoms with Crippen LogP contribution >= 0.6 is 34.3 Å². The van der Waals surface area contributed by atoms with Gasteiger partial charge < -0.3 is 5.11 Å². The number of aliphatic carboxylic acids is 1. The summed E-state index contributed by atoms with van der Waals surface area (Å²) in [5.74, 6) is -1.25. The maximum absolute atomic E-state index is 11.0. The number of aryl methyl sites for hydroxylation is 1. The molecule has 1 N–H and O–H groups in total. The Morgan fingerprint density at radius 3 is 2.94 bits per heavy atom. The monoisotopic (exact) mass is 286 g/mol. The van der Waals surface area contributed by atoms with Crippen molar-refractivity contribution in [2.24, 2.45) is 0 Å². The summed E-state index contributed by atoms with van der Waals surface area (Å²) in [6.45, 7) is 0. The zero-order chi connectivity index (χ0) is 12.0. The smallest absolute Gasteiger partial charge is 0.312 e. The van der Waals surface area contributed by atoms with Crippen molar-refractivity contribution < 1.29 is 9.90 Å². The van der Waals surface area contributed by atoms with Crippen molar-refractivity contribution in [1.29, 1.82) is 0 Å². The van der Waals surface area contributed by atoms with Crippen molar-refractivity contribution in [3.05, 3.63) is 21.1 Å². The Bertz CT molecular complexity index is 593. The molecule has 0 amide bonds. The lowest BCUT2D eigenvalue weighted by Crippen LogP contribution is -2.08. The molecule has 7 heteroatoms. The molecule has 0 saturated carbocycles. The van der Waals surface area contributed by atoms with Gasteiger partial charge >= 0.3 is 5.97 Å². The molecular weight excluding hydrogens is 280 g/mol. The molecule has 1 aliphatic rings. The Hall–Kier alpha value is -0.980. The van der Waals surface area contributed by atoms with Gasteiger partial charge in [-0.05, 0) is 12.8 Å². The summed E-state index contributed by atoms with van der Waals surface area (Å²) in [6, 6.07) is 0. The van der Waals surface area contributed by atoms with Crippen molar-refractivity contribution in [3.8, 4) is 10.0 Å². The van der Waals surface area contributed by atoms with Crippen molar-refractivity contribution in [2.75, 3.05) is 0 Å². The molecular formula is C10H7ClN2O2S2. The second kappa shape index (κ2) is 4.04. The van der Waals surface area contributed by atoms with Gasteiger partial charge in [-0.1, -0.05) is 22.9 Å². The summed E-state index contributed by atoms with van der Waals surface area (Å²) in [5, 5.41) is 10.6. The third-order valence-electron chi connectivity index (χ3n) is 2.68. The minimum absolute atomic E-state index is 0.453. The number of rotatable bonds is 2. The number of carbonyl (C=O) groups is 1. The van der Waals surface area contributed by atoms with Gasteiger partial charge in [0.1, 0.15) is 10.3 Å². The van der Waals surface area contributed by atoms with E-state index in [9.17, 15) is 4.79 Å². The van der Waals surface area contributed by atoms with Crippen molar-refractivity contribution in [1.82, 2.24) is 9.97 Å². The van der Waals surface area contributed by atoms with Crippen LogP contribution in [0, 0.1) is 0 Å². The van der Waals surface area contributed by atoms with E-state index in [0.29, 0.717) is 16.5 Å². The molecule has 0 radical (unpaired) electrons. The van der Waals surface area contributed by atoms with Crippen molar-refractivity contribution in [2.45, 2.75) is 18.8 Å². The number of halogens is 1. The zero-order valence-corrected chi connectivity index (χ0v) is 10.9. The molecule has 2 aromatic heterocycles. The summed E-state index contributed by atoms with van der Waals surface area (Å²) in [6.07, 6.45) is 3.04. The quantitative estimate of drug-likeness (QED) is 0.922. The molecule has 2 heterocycles. The Morgan fingerprint density at radius 2 is 2.29 bits per heavy atom. The first-order valence-corrected chi connectivity index (χ1v) is 7.00. The molecule has 2 aromatic rings. The Balaban J connectivity index is 2.01. The Morgan fingerprint density at radius 1 is 1.47 bits per heavy atom. The lowest BCUT2D eigenvalue weighted by atomic mass is 10.1. The van der Waals surface area contributed by atoms with Gasteiger partial charge in [-0.3, -0.25) is 4.79 Å². The van der Waals surface area contributed by atoms with Crippen LogP contribution < -0.4 is 0 Å². The largest absolute Gasteiger partial charge is 0.481 e. The molecule has 4 nitrogen and oxygen atoms in total. The number of aromatic nitrogens is 2. The minimum Gasteiger partial charge on any atom is -0.481 e. The maximum Gasteiger partial charge on any atom is 0.312 e. The SMILES string of the molecule is O=C(O)C1CCc2sc(-c3ncc(Cl)s3)nc21. The van der Waals surface area contributed by atoms with Gasteiger partial charge in [0.05, 0.1) is 11.9 Å². The van der Waals surface area contributed by atoms with Crippen LogP contribution in [0.3, 0.4) is 0 Å². The topological polar surface area (TPSA) is 63.1 Å². The van der Waals surface area contributed by atoms with Crippen LogP contribution in [0.4, 0.5) is 0 Å². The number of nitrogens with zero attached hydrogens (tertiary/aromatic N) is 2. The van der Waals surface area contributed by atoms with Gasteiger partial charge in [-0.15, -0.1) is 11.3 Å². The molecule has 0 saturated heterocycles. The van der Waals surface area contributed by atoms with E-state index >= 15 is 0 Å². The van der Waals surface area contributed by atoms with Crippen molar-refractivity contribution >= 4 is 40.2 Å². The fourth-order valence-corrected chi connectivity index (χ4v) is 3.99. The van der Waals surface area contributed by atoms with E-state index in [1.165, 1.54) is 22.7 Å². The molecule has 0 spiro atoms. The summed E-state index contributed by atoms with van der Waals surface area (Å²) >= 11 is 8.71. The lowest BCUT2D eigenvalue weighted by molar-refractivity contribution is -0.138. The average molecular weight is 287 g/mol. The predicted octanol–water partition coefficient (Wildman–Crippen LogP) is 3.03. The van der Waals surface area contributed by atoms with Gasteiger partial charge in [0, 0.05) is 4.88 Å². The first-order chi connectivity index (χ1) is 8.15. The molecule has 0 bridgehead atoms. The highest BCUT2D eigenvalue weighted by Gasteiger charge is 2.32. The third-order valence-corrected chi connectivity index (χ3v) is 5.06. The highest BCUT2D eigenvalue weighted by Crippen LogP contribution is 2.40. The lowest BCUT2D eigenvalue weighted by Gasteiger charge is -2.00. The highest BCUT2D eigenvalue weighted by molar-refractivity contribution is 7.23. The molecule has 1 unspecified atom stereocenters. The van der Waals surface area contributed by atoms with Crippen LogP contribution in [-0.2, 0) is 11.2 Å². The molecule has 17 heavy (non-hydrogen) atoms. The van der Waals surface area contributed by atoms with Crippen LogP contribution in [0.5, 0.6) is 0 Å². The van der Waals surface area contributed by atoms with Crippen LogP contribution in [0.2, 0.25) is 4.34 Å². The fourth-order valence-electron chi connectivity index (χ4n) is 1.91. The number of hydrogen-bond donors (Lipinski definition) is 1. The van der Waals surface area contributed by atoms with E-state index in [2.05, 4.69) is 9.97 Å². The number of carboxylic acids is 1. The van der Waals surface area contributed by atoms with E-state index in [0.717, 1.165) is 21.3 Å². The standard InChI is InChI=1S/C10H7ClN2O2S2/c11-6-3-12-8(17-6)9-13-7-4(10(14)15)1-2-5(7)16-9/h3-4H,1-2H2,(H,14,15). The maximum atomic E-state index is 11.0. The van der Waals surface area contributed by atoms with Crippen LogP contribution in [0.1, 0.15) is 22.9 Å². The summed E-state index contributed by atoms with van der Waals surface area (Å²) in [7, 11) is 0. The zero-order valence-electron chi connectivity index (χ0n) is 8.51. The first-order valence-electron chi connectivity index (χ1n) is 4.99. The van der Waals surface area contributed by atoms with E-state index in [4.69, 9.17) is 16.7 Å². The number of fused-ring (bicyclic) bond motifs is 1. The van der Waals surface area contributed by atoms with Gasteiger partial charge in [-0.2, -0.15) is 0 Å². The normalized spacial score (nSPS) is 18.3. The Labute approximate surface area is 110 Å². The summed E-state index contributed by atoms with van der Waals surface area (Å²) in [4.78, 5) is 20.7. The third kappa shape index (κ3) is 1.86. The molecule has 88 valence electrons. The first kappa shape index (κ1) is 11.1. The van der Waals surface area contributed by atoms with Gasteiger partial charge in [-0.25, -0.2) is 9.97 Å². The molecule has 0 fully saturated rings. The molecule has 0 aromatic carbocycles. The molecule has 1 atom stereocenters. The minimum atomic E-state index is -0.794. The second-order valence-corrected chi connectivity index (χ2v) is 6.47. The predicted molar refractivity (Wildman–Crippen MR) is 66.9 cm³/mol. The molecule has 1 aliphatic carbocycles. The number of hydrogen-bond acceptors (Lipinski definition) is 5. The highest BCUT2D eigenvalue weighted by atomic mass is 35.5. The fraction of sp³-hybridized carbons (Fsp3) is 0.300. The summed E-state index contributed by atoms with van der Waals surface area (Å²) < 4.78 is 0.616. The molecule has 0 aliphatic heterocycles. The van der Waals surface area contributed by atoms with E-state index in [1.54, 1.807) is 6.20 Å². The van der Waals surface area contributed by atoms with Crippen LogP contribution in [0.25, 0.3) is 10.0 Å². The number of thiazole rings is 2. The second-order valence-electron chi connectivity index (χ2n) is 3.73. The van der Waals surface area contributed by atoms with E-state index in [-0.39, 0.29) is 0 Å². The van der Waals surface area contributed by atoms with E-state index < -0.39 is 11.9 Å². The van der Waals surface area contributed by atoms with Crippen LogP contribution in [0.15, 0.2) is 6.20 Å². The van der Waals surface area contributed by atoms with Gasteiger partial charge in [0.2, 0.25) is 0 Å². The average Bonchev–Trinajstić information content (AvgIpc) is 2.89. The summed E-state index contributed by atoms with van der Waals surface area (Å²) in [5.41, 5.74) is 0.712. The van der Waals surface area contributed by atoms with Gasteiger partial charge in [0.25, 0.3) is 0 Å². The number of carboxylic acid groups (broad SMARTS) is 1. The van der Waals surface area contributed by atoms with Crippen molar-refractivity contribution in [3.63, 3.8) is 0 Å². The van der Waals surface area contributed by atoms with Gasteiger partial charge in [0.15, 0.2) is 10.0 Å². The molecule has 3 rings (SSSR count). The van der Waals surface area contributed by atoms with Crippen LogP contribution in [-0.4, -0.2) is 21.0 Å². The Kier molecular flexibility index (Phi) is 2.65. The van der Waals surface area contributed by atoms with E-state index in [1.807, 2.05) is 0 Å².